The molecule has 0 amide bonds. The first-order chi connectivity index (χ1) is 9.32. The number of benzene rings is 1. The molecule has 0 saturated carbocycles. The van der Waals surface area contributed by atoms with E-state index >= 15 is 0 Å². The van der Waals surface area contributed by atoms with Crippen LogP contribution in [0.3, 0.4) is 0 Å². The average Bonchev–Trinajstić information content (AvgIpc) is 2.39. The van der Waals surface area contributed by atoms with Gasteiger partial charge in [0, 0.05) is 0 Å². The number of carboxylic acid groups (broad SMARTS) is 1. The van der Waals surface area contributed by atoms with Gasteiger partial charge in [0.1, 0.15) is 0 Å². The maximum atomic E-state index is 11.9. The number of hydrogen-bond donors (Lipinski definition) is 2. The predicted molar refractivity (Wildman–Crippen MR) is 79.8 cm³/mol. The van der Waals surface area contributed by atoms with Crippen LogP contribution in [0.15, 0.2) is 30.3 Å². The number of carboxylic acids is 1. The summed E-state index contributed by atoms with van der Waals surface area (Å²) in [5.41, 5.74) is -0.876. The Bertz CT molecular complexity index is 425. The van der Waals surface area contributed by atoms with E-state index in [9.17, 15) is 9.90 Å². The molecule has 1 aromatic rings. The highest BCUT2D eigenvalue weighted by Gasteiger charge is 2.41. The molecule has 1 unspecified atom stereocenters. The normalized spacial score (nSPS) is 14.8. The minimum atomic E-state index is -1.20. The van der Waals surface area contributed by atoms with Gasteiger partial charge in [0.05, 0.1) is 12.2 Å². The van der Waals surface area contributed by atoms with Crippen LogP contribution in [-0.2, 0) is 15.1 Å². The van der Waals surface area contributed by atoms with Crippen LogP contribution >= 0.6 is 0 Å². The lowest BCUT2D eigenvalue weighted by molar-refractivity contribution is -0.151. The van der Waals surface area contributed by atoms with Gasteiger partial charge in [0.15, 0.2) is 5.54 Å². The molecule has 1 aromatic carbocycles. The molecule has 0 spiro atoms. The van der Waals surface area contributed by atoms with Gasteiger partial charge in [-0.25, -0.2) is 4.79 Å². The number of ether oxygens (including phenoxy) is 1. The Hall–Kier alpha value is -1.39. The molecule has 112 valence electrons. The van der Waals surface area contributed by atoms with Crippen molar-refractivity contribution in [1.29, 1.82) is 0 Å². The van der Waals surface area contributed by atoms with Crippen LogP contribution in [0, 0.1) is 0 Å². The molecule has 0 fully saturated rings. The zero-order chi connectivity index (χ0) is 15.2. The molecule has 0 aromatic heterocycles. The van der Waals surface area contributed by atoms with Gasteiger partial charge < -0.3 is 9.84 Å². The van der Waals surface area contributed by atoms with Crippen molar-refractivity contribution in [1.82, 2.24) is 5.32 Å². The standard InChI is InChI=1S/C16H25NO3/c1-5-11-17-16(14(18)19,12-20-15(2,3)4)13-9-7-6-8-10-13/h6-10,17H,5,11-12H2,1-4H3,(H,18,19). The lowest BCUT2D eigenvalue weighted by atomic mass is 9.90. The van der Waals surface area contributed by atoms with Crippen LogP contribution < -0.4 is 5.32 Å². The van der Waals surface area contributed by atoms with Gasteiger partial charge in [-0.3, -0.25) is 5.32 Å². The van der Waals surface area contributed by atoms with E-state index in [0.717, 1.165) is 6.42 Å². The van der Waals surface area contributed by atoms with E-state index in [4.69, 9.17) is 4.74 Å². The Balaban J connectivity index is 3.11. The quantitative estimate of drug-likeness (QED) is 0.806. The van der Waals surface area contributed by atoms with E-state index in [1.807, 2.05) is 58.0 Å². The van der Waals surface area contributed by atoms with E-state index in [0.29, 0.717) is 12.1 Å². The summed E-state index contributed by atoms with van der Waals surface area (Å²) in [7, 11) is 0. The van der Waals surface area contributed by atoms with Gasteiger partial charge in [-0.2, -0.15) is 0 Å². The Morgan fingerprint density at radius 1 is 1.25 bits per heavy atom. The van der Waals surface area contributed by atoms with E-state index in [1.54, 1.807) is 0 Å². The van der Waals surface area contributed by atoms with Gasteiger partial charge >= 0.3 is 5.97 Å². The fraction of sp³-hybridized carbons (Fsp3) is 0.562. The van der Waals surface area contributed by atoms with Gasteiger partial charge in [-0.05, 0) is 39.3 Å². The minimum Gasteiger partial charge on any atom is -0.480 e. The molecule has 20 heavy (non-hydrogen) atoms. The second-order valence-corrected chi connectivity index (χ2v) is 5.90. The molecule has 0 bridgehead atoms. The fourth-order valence-corrected chi connectivity index (χ4v) is 1.88. The maximum Gasteiger partial charge on any atom is 0.331 e. The number of aliphatic carboxylic acids is 1. The van der Waals surface area contributed by atoms with Gasteiger partial charge in [-0.1, -0.05) is 37.3 Å². The largest absolute Gasteiger partial charge is 0.480 e. The lowest BCUT2D eigenvalue weighted by Crippen LogP contribution is -2.54. The summed E-state index contributed by atoms with van der Waals surface area (Å²) in [5, 5.41) is 12.9. The van der Waals surface area contributed by atoms with Crippen LogP contribution in [0.1, 0.15) is 39.7 Å². The van der Waals surface area contributed by atoms with Crippen molar-refractivity contribution < 1.29 is 14.6 Å². The van der Waals surface area contributed by atoms with Crippen molar-refractivity contribution in [3.05, 3.63) is 35.9 Å². The predicted octanol–water partition coefficient (Wildman–Crippen LogP) is 2.78. The van der Waals surface area contributed by atoms with Crippen molar-refractivity contribution in [3.8, 4) is 0 Å². The summed E-state index contributed by atoms with van der Waals surface area (Å²) in [4.78, 5) is 11.9. The Labute approximate surface area is 121 Å². The number of hydrogen-bond acceptors (Lipinski definition) is 3. The Morgan fingerprint density at radius 3 is 2.30 bits per heavy atom. The van der Waals surface area contributed by atoms with Crippen LogP contribution in [0.4, 0.5) is 0 Å². The molecule has 1 rings (SSSR count). The molecule has 0 saturated heterocycles. The first-order valence-corrected chi connectivity index (χ1v) is 7.00. The van der Waals surface area contributed by atoms with Crippen molar-refractivity contribution in [2.45, 2.75) is 45.3 Å². The summed E-state index contributed by atoms with van der Waals surface area (Å²) < 4.78 is 5.76. The molecule has 0 aliphatic heterocycles. The van der Waals surface area contributed by atoms with Crippen LogP contribution in [-0.4, -0.2) is 29.8 Å². The average molecular weight is 279 g/mol. The van der Waals surface area contributed by atoms with E-state index < -0.39 is 11.5 Å². The third-order valence-electron chi connectivity index (χ3n) is 3.03. The van der Waals surface area contributed by atoms with Gasteiger partial charge in [0.25, 0.3) is 0 Å². The first kappa shape index (κ1) is 16.7. The van der Waals surface area contributed by atoms with Gasteiger partial charge in [-0.15, -0.1) is 0 Å². The highest BCUT2D eigenvalue weighted by atomic mass is 16.5. The maximum absolute atomic E-state index is 11.9. The summed E-state index contributed by atoms with van der Waals surface area (Å²) in [5.74, 6) is -0.915. The highest BCUT2D eigenvalue weighted by Crippen LogP contribution is 2.24. The molecule has 4 heteroatoms. The van der Waals surface area contributed by atoms with E-state index in [1.165, 1.54) is 0 Å². The third-order valence-corrected chi connectivity index (χ3v) is 3.03. The molecule has 0 radical (unpaired) electrons. The Morgan fingerprint density at radius 2 is 1.85 bits per heavy atom. The second-order valence-electron chi connectivity index (χ2n) is 5.90. The monoisotopic (exact) mass is 279 g/mol. The topological polar surface area (TPSA) is 58.6 Å². The second kappa shape index (κ2) is 6.86. The van der Waals surface area contributed by atoms with Crippen LogP contribution in [0.5, 0.6) is 0 Å². The van der Waals surface area contributed by atoms with E-state index in [2.05, 4.69) is 5.32 Å². The Kier molecular flexibility index (Phi) is 5.72. The van der Waals surface area contributed by atoms with Crippen LogP contribution in [0.2, 0.25) is 0 Å². The molecule has 0 aliphatic carbocycles. The summed E-state index contributed by atoms with van der Waals surface area (Å²) in [6, 6.07) is 9.21. The fourth-order valence-electron chi connectivity index (χ4n) is 1.88. The number of carbonyl (C=O) groups is 1. The molecule has 1 atom stereocenters. The zero-order valence-electron chi connectivity index (χ0n) is 12.8. The lowest BCUT2D eigenvalue weighted by Gasteiger charge is -2.34. The number of rotatable bonds is 7. The third kappa shape index (κ3) is 4.32. The SMILES string of the molecule is CCCNC(COC(C)(C)C)(C(=O)O)c1ccccc1. The summed E-state index contributed by atoms with van der Waals surface area (Å²) >= 11 is 0. The molecule has 2 N–H and O–H groups in total. The summed E-state index contributed by atoms with van der Waals surface area (Å²) in [6.45, 7) is 8.49. The molecular formula is C16H25NO3. The zero-order valence-corrected chi connectivity index (χ0v) is 12.8. The van der Waals surface area contributed by atoms with Crippen molar-refractivity contribution >= 4 is 5.97 Å². The summed E-state index contributed by atoms with van der Waals surface area (Å²) in [6.07, 6.45) is 0.859. The first-order valence-electron chi connectivity index (χ1n) is 7.00. The minimum absolute atomic E-state index is 0.0931. The molecule has 4 nitrogen and oxygen atoms in total. The van der Waals surface area contributed by atoms with Gasteiger partial charge in [0.2, 0.25) is 0 Å². The van der Waals surface area contributed by atoms with Crippen molar-refractivity contribution in [2.24, 2.45) is 0 Å². The van der Waals surface area contributed by atoms with Crippen LogP contribution in [0.25, 0.3) is 0 Å². The molecule has 0 heterocycles. The van der Waals surface area contributed by atoms with E-state index in [-0.39, 0.29) is 12.2 Å². The van der Waals surface area contributed by atoms with Crippen molar-refractivity contribution in [2.75, 3.05) is 13.2 Å². The smallest absolute Gasteiger partial charge is 0.331 e. The highest BCUT2D eigenvalue weighted by molar-refractivity contribution is 5.81. The molecule has 0 aliphatic rings. The molecular weight excluding hydrogens is 254 g/mol. The van der Waals surface area contributed by atoms with Crippen molar-refractivity contribution in [3.63, 3.8) is 0 Å². The number of nitrogens with one attached hydrogen (secondary N) is 1.